The number of ether oxygens (including phenoxy) is 6. The molecular weight excluding hydrogens is 648 g/mol. The minimum absolute atomic E-state index is 0.134. The van der Waals surface area contributed by atoms with Crippen LogP contribution in [0.4, 0.5) is 0 Å². The molecule has 6 N–H and O–H groups in total. The van der Waals surface area contributed by atoms with Crippen molar-refractivity contribution in [1.82, 2.24) is 0 Å². The van der Waals surface area contributed by atoms with Gasteiger partial charge in [0.2, 0.25) is 0 Å². The summed E-state index contributed by atoms with van der Waals surface area (Å²) in [6, 6.07) is 0. The van der Waals surface area contributed by atoms with Gasteiger partial charge in [0, 0.05) is 24.2 Å². The van der Waals surface area contributed by atoms with Gasteiger partial charge in [0.25, 0.3) is 0 Å². The van der Waals surface area contributed by atoms with E-state index in [0.717, 1.165) is 45.1 Å². The molecule has 3 saturated carbocycles. The fourth-order valence-corrected chi connectivity index (χ4v) is 12.4. The molecule has 12 heteroatoms. The van der Waals surface area contributed by atoms with E-state index in [1.54, 1.807) is 6.92 Å². The van der Waals surface area contributed by atoms with E-state index >= 15 is 0 Å². The maximum atomic E-state index is 11.1. The smallest absolute Gasteiger partial charge is 0.187 e. The molecule has 284 valence electrons. The van der Waals surface area contributed by atoms with E-state index in [0.29, 0.717) is 48.3 Å². The molecule has 4 saturated heterocycles. The summed E-state index contributed by atoms with van der Waals surface area (Å²) < 4.78 is 38.0. The largest absolute Gasteiger partial charge is 0.393 e. The Morgan fingerprint density at radius 3 is 2.34 bits per heavy atom. The second kappa shape index (κ2) is 12.9. The predicted octanol–water partition coefficient (Wildman–Crippen LogP) is 2.00. The normalized spacial score (nSPS) is 59.3. The molecule has 0 aromatic rings. The van der Waals surface area contributed by atoms with Gasteiger partial charge in [0.05, 0.1) is 37.6 Å². The number of hydrogen-bond donors (Lipinski definition) is 6. The van der Waals surface area contributed by atoms with Crippen molar-refractivity contribution in [2.45, 2.75) is 165 Å². The Kier molecular flexibility index (Phi) is 9.38. The average molecular weight is 709 g/mol. The average Bonchev–Trinajstić information content (AvgIpc) is 3.53. The monoisotopic (exact) mass is 708 g/mol. The van der Waals surface area contributed by atoms with E-state index in [2.05, 4.69) is 33.8 Å². The van der Waals surface area contributed by atoms with Crippen molar-refractivity contribution in [2.75, 3.05) is 13.2 Å². The molecule has 0 amide bonds. The van der Waals surface area contributed by atoms with E-state index in [1.807, 2.05) is 0 Å². The van der Waals surface area contributed by atoms with Crippen LogP contribution in [-0.4, -0.2) is 123 Å². The summed E-state index contributed by atoms with van der Waals surface area (Å²) in [6.07, 6.45) is -3.26. The highest BCUT2D eigenvalue weighted by molar-refractivity contribution is 5.28. The lowest BCUT2D eigenvalue weighted by Crippen LogP contribution is -2.63. The fourth-order valence-electron chi connectivity index (χ4n) is 12.4. The van der Waals surface area contributed by atoms with Gasteiger partial charge < -0.3 is 59.1 Å². The van der Waals surface area contributed by atoms with Gasteiger partial charge in [-0.05, 0) is 80.5 Å². The molecule has 8 rings (SSSR count). The second-order valence-corrected chi connectivity index (χ2v) is 17.9. The van der Waals surface area contributed by atoms with Crippen molar-refractivity contribution >= 4 is 0 Å². The maximum Gasteiger partial charge on any atom is 0.187 e. The van der Waals surface area contributed by atoms with Crippen LogP contribution < -0.4 is 0 Å². The lowest BCUT2D eigenvalue weighted by Gasteiger charge is -2.60. The lowest BCUT2D eigenvalue weighted by molar-refractivity contribution is -0.362. The molecule has 12 nitrogen and oxygen atoms in total. The summed E-state index contributed by atoms with van der Waals surface area (Å²) in [6.45, 7) is 11.5. The SMILES string of the molecule is C[C@@H]1CC[C@@]2(OC1)O[C@H]1C[C@H]3[C@@H]4CC=C5C[C@H](O)C[C@@H](O[C@@H]6OC[C@@H](O)[C@H](O)[C@H]6O[C@@H]6O[C@H](C)[C@@H](O)[C@H](O)[C@H]6O)[C@]5(C)[C@H]4CC[C@]3(C)[C@H]1[C@@H]2C. The van der Waals surface area contributed by atoms with E-state index < -0.39 is 78.7 Å². The van der Waals surface area contributed by atoms with Crippen molar-refractivity contribution < 1.29 is 59.1 Å². The van der Waals surface area contributed by atoms with Crippen LogP contribution in [-0.2, 0) is 28.4 Å². The van der Waals surface area contributed by atoms with Crippen molar-refractivity contribution in [2.24, 2.45) is 46.3 Å². The molecule has 50 heavy (non-hydrogen) atoms. The van der Waals surface area contributed by atoms with Crippen molar-refractivity contribution in [3.8, 4) is 0 Å². The summed E-state index contributed by atoms with van der Waals surface area (Å²) >= 11 is 0. The van der Waals surface area contributed by atoms with Crippen LogP contribution >= 0.6 is 0 Å². The number of rotatable bonds is 4. The zero-order valence-electron chi connectivity index (χ0n) is 30.2. The molecule has 21 atom stereocenters. The molecule has 4 heterocycles. The first-order valence-corrected chi connectivity index (χ1v) is 19.4. The Balaban J connectivity index is 1.04. The van der Waals surface area contributed by atoms with Crippen LogP contribution in [0.5, 0.6) is 0 Å². The van der Waals surface area contributed by atoms with Gasteiger partial charge in [0.1, 0.15) is 36.6 Å². The molecular formula is C38H60O12. The molecule has 1 spiro atoms. The number of hydrogen-bond acceptors (Lipinski definition) is 12. The van der Waals surface area contributed by atoms with Gasteiger partial charge >= 0.3 is 0 Å². The third-order valence-electron chi connectivity index (χ3n) is 15.2. The van der Waals surface area contributed by atoms with Crippen LogP contribution in [0.2, 0.25) is 0 Å². The van der Waals surface area contributed by atoms with Crippen molar-refractivity contribution in [1.29, 1.82) is 0 Å². The third-order valence-corrected chi connectivity index (χ3v) is 15.2. The Labute approximate surface area is 295 Å². The van der Waals surface area contributed by atoms with E-state index in [4.69, 9.17) is 28.4 Å². The first kappa shape index (κ1) is 36.2. The Bertz CT molecular complexity index is 1290. The molecule has 0 aromatic carbocycles. The van der Waals surface area contributed by atoms with Crippen molar-refractivity contribution in [3.63, 3.8) is 0 Å². The molecule has 4 aliphatic heterocycles. The van der Waals surface area contributed by atoms with Gasteiger partial charge in [-0.3, -0.25) is 0 Å². The van der Waals surface area contributed by atoms with Crippen LogP contribution in [0.15, 0.2) is 11.6 Å². The van der Waals surface area contributed by atoms with Crippen LogP contribution in [0.1, 0.15) is 86.0 Å². The number of fused-ring (bicyclic) bond motifs is 7. The minimum atomic E-state index is -1.60. The molecule has 0 unspecified atom stereocenters. The summed E-state index contributed by atoms with van der Waals surface area (Å²) in [4.78, 5) is 0. The number of aliphatic hydroxyl groups excluding tert-OH is 6. The van der Waals surface area contributed by atoms with Crippen LogP contribution in [0.25, 0.3) is 0 Å². The van der Waals surface area contributed by atoms with Gasteiger partial charge in [0.15, 0.2) is 18.4 Å². The number of aliphatic hydroxyl groups is 6. The molecule has 0 radical (unpaired) electrons. The zero-order chi connectivity index (χ0) is 35.5. The Morgan fingerprint density at radius 1 is 0.820 bits per heavy atom. The minimum Gasteiger partial charge on any atom is -0.393 e. The summed E-state index contributed by atoms with van der Waals surface area (Å²) in [5, 5.41) is 64.1. The number of allylic oxidation sites excluding steroid dienone is 1. The zero-order valence-corrected chi connectivity index (χ0v) is 30.2. The highest BCUT2D eigenvalue weighted by Crippen LogP contribution is 2.71. The van der Waals surface area contributed by atoms with Crippen LogP contribution in [0, 0.1) is 46.3 Å². The highest BCUT2D eigenvalue weighted by Gasteiger charge is 2.69. The van der Waals surface area contributed by atoms with Crippen LogP contribution in [0.3, 0.4) is 0 Å². The van der Waals surface area contributed by atoms with Crippen molar-refractivity contribution in [3.05, 3.63) is 11.6 Å². The van der Waals surface area contributed by atoms with Gasteiger partial charge in [-0.25, -0.2) is 0 Å². The molecule has 0 aromatic heterocycles. The standard InChI is InChI=1S/C38H60O12/c1-17-8-11-38(46-15-17)18(2)28-26(50-38)14-24-22-7-6-20-12-21(39)13-27(37(20,5)23(22)9-10-36(24,28)4)48-35-33(30(42)25(40)16-45-35)49-34-32(44)31(43)29(41)19(3)47-34/h6,17-19,21-35,39-44H,7-16H2,1-5H3/t17-,18+,19-,21+,22-,23+,24+,25-,26+,27-,28+,29-,30+,31+,32-,33-,34+,35+,36+,37+,38-/m1/s1. The maximum absolute atomic E-state index is 11.1. The van der Waals surface area contributed by atoms with Gasteiger partial charge in [-0.15, -0.1) is 0 Å². The third kappa shape index (κ3) is 5.45. The summed E-state index contributed by atoms with van der Waals surface area (Å²) in [5.41, 5.74) is 0.917. The van der Waals surface area contributed by atoms with E-state index in [9.17, 15) is 30.6 Å². The van der Waals surface area contributed by atoms with Gasteiger partial charge in [-0.1, -0.05) is 39.3 Å². The first-order valence-electron chi connectivity index (χ1n) is 19.4. The first-order chi connectivity index (χ1) is 23.7. The summed E-state index contributed by atoms with van der Waals surface area (Å²) in [7, 11) is 0. The molecule has 4 aliphatic carbocycles. The Morgan fingerprint density at radius 2 is 1.60 bits per heavy atom. The van der Waals surface area contributed by atoms with E-state index in [-0.39, 0.29) is 18.1 Å². The quantitative estimate of drug-likeness (QED) is 0.235. The predicted molar refractivity (Wildman–Crippen MR) is 177 cm³/mol. The fraction of sp³-hybridized carbons (Fsp3) is 0.947. The topological polar surface area (TPSA) is 177 Å². The molecule has 7 fully saturated rings. The molecule has 0 bridgehead atoms. The second-order valence-electron chi connectivity index (χ2n) is 17.9. The highest BCUT2D eigenvalue weighted by atomic mass is 16.8. The summed E-state index contributed by atoms with van der Waals surface area (Å²) in [5.74, 6) is 2.08. The Hall–Kier alpha value is -0.740. The lowest BCUT2D eigenvalue weighted by atomic mass is 9.46. The van der Waals surface area contributed by atoms with Gasteiger partial charge in [-0.2, -0.15) is 0 Å². The molecule has 8 aliphatic rings. The van der Waals surface area contributed by atoms with E-state index in [1.165, 1.54) is 5.57 Å².